The van der Waals surface area contributed by atoms with Gasteiger partial charge in [-0.15, -0.1) is 0 Å². The molecule has 2 aromatic rings. The van der Waals surface area contributed by atoms with Gasteiger partial charge in [-0.25, -0.2) is 0 Å². The molecule has 0 unspecified atom stereocenters. The summed E-state index contributed by atoms with van der Waals surface area (Å²) in [6.07, 6.45) is 0.953. The monoisotopic (exact) mass is 501 g/mol. The summed E-state index contributed by atoms with van der Waals surface area (Å²) in [5.74, 6) is 0.317. The van der Waals surface area contributed by atoms with Gasteiger partial charge < -0.3 is 14.8 Å². The zero-order chi connectivity index (χ0) is 25.1. The maximum absolute atomic E-state index is 13.4. The van der Waals surface area contributed by atoms with E-state index in [1.54, 1.807) is 33.9 Å². The SMILES string of the molecule is COc1ccccc1C(=O)NCC1(c2ccccc2)CCN(S(=O)(=O)N2C[C@@H](C)O[C@@H](C)C2)CC1. The summed E-state index contributed by atoms with van der Waals surface area (Å²) in [7, 11) is -2.04. The van der Waals surface area contributed by atoms with Crippen LogP contribution in [0.15, 0.2) is 54.6 Å². The van der Waals surface area contributed by atoms with Crippen LogP contribution in [0, 0.1) is 0 Å². The van der Waals surface area contributed by atoms with E-state index < -0.39 is 10.2 Å². The largest absolute Gasteiger partial charge is 0.496 e. The number of piperidine rings is 1. The van der Waals surface area contributed by atoms with Crippen molar-refractivity contribution in [1.82, 2.24) is 13.9 Å². The lowest BCUT2D eigenvalue weighted by Gasteiger charge is -2.44. The Morgan fingerprint density at radius 2 is 1.60 bits per heavy atom. The average Bonchev–Trinajstić information content (AvgIpc) is 2.87. The van der Waals surface area contributed by atoms with Gasteiger partial charge in [-0.2, -0.15) is 17.0 Å². The number of ether oxygens (including phenoxy) is 2. The number of carbonyl (C=O) groups is 1. The Morgan fingerprint density at radius 3 is 2.23 bits per heavy atom. The molecule has 2 aliphatic heterocycles. The minimum atomic E-state index is -3.58. The second-order valence-corrected chi connectivity index (χ2v) is 11.4. The zero-order valence-corrected chi connectivity index (χ0v) is 21.5. The Kier molecular flexibility index (Phi) is 7.80. The Hall–Kier alpha value is -2.46. The number of methoxy groups -OCH3 is 1. The number of morpholine rings is 1. The van der Waals surface area contributed by atoms with Gasteiger partial charge >= 0.3 is 0 Å². The van der Waals surface area contributed by atoms with Gasteiger partial charge in [-0.05, 0) is 44.4 Å². The molecule has 190 valence electrons. The molecular weight excluding hydrogens is 466 g/mol. The van der Waals surface area contributed by atoms with Gasteiger partial charge in [0.1, 0.15) is 5.75 Å². The molecular formula is C26H35N3O5S. The third-order valence-corrected chi connectivity index (χ3v) is 9.01. The molecule has 0 aromatic heterocycles. The number of hydrogen-bond acceptors (Lipinski definition) is 5. The van der Waals surface area contributed by atoms with Crippen molar-refractivity contribution in [2.24, 2.45) is 0 Å². The second kappa shape index (κ2) is 10.7. The number of benzene rings is 2. The molecule has 0 radical (unpaired) electrons. The van der Waals surface area contributed by atoms with Gasteiger partial charge in [0.2, 0.25) is 0 Å². The lowest BCUT2D eigenvalue weighted by Crippen LogP contribution is -2.56. The summed E-state index contributed by atoms with van der Waals surface area (Å²) in [6.45, 7) is 5.72. The predicted molar refractivity (Wildman–Crippen MR) is 135 cm³/mol. The summed E-state index contributed by atoms with van der Waals surface area (Å²) in [6, 6.07) is 17.2. The lowest BCUT2D eigenvalue weighted by molar-refractivity contribution is -0.0457. The summed E-state index contributed by atoms with van der Waals surface area (Å²) in [4.78, 5) is 13.0. The first-order chi connectivity index (χ1) is 16.7. The first-order valence-electron chi connectivity index (χ1n) is 12.1. The molecule has 4 rings (SSSR count). The van der Waals surface area contributed by atoms with Crippen LogP contribution in [0.3, 0.4) is 0 Å². The van der Waals surface area contributed by atoms with Gasteiger partial charge in [-0.1, -0.05) is 42.5 Å². The van der Waals surface area contributed by atoms with Crippen LogP contribution in [-0.2, 0) is 20.4 Å². The maximum atomic E-state index is 13.4. The van der Waals surface area contributed by atoms with Crippen LogP contribution in [0.1, 0.15) is 42.6 Å². The predicted octanol–water partition coefficient (Wildman–Crippen LogP) is 2.81. The highest BCUT2D eigenvalue weighted by Crippen LogP contribution is 2.36. The van der Waals surface area contributed by atoms with Crippen molar-refractivity contribution in [2.45, 2.75) is 44.3 Å². The first kappa shape index (κ1) is 25.6. The highest BCUT2D eigenvalue weighted by Gasteiger charge is 2.42. The molecule has 2 fully saturated rings. The number of hydrogen-bond donors (Lipinski definition) is 1. The lowest BCUT2D eigenvalue weighted by atomic mass is 9.73. The van der Waals surface area contributed by atoms with Gasteiger partial charge in [-0.3, -0.25) is 4.79 Å². The van der Waals surface area contributed by atoms with Crippen molar-refractivity contribution in [1.29, 1.82) is 0 Å². The van der Waals surface area contributed by atoms with Gasteiger partial charge in [0.15, 0.2) is 0 Å². The summed E-state index contributed by atoms with van der Waals surface area (Å²) in [5, 5.41) is 3.10. The van der Waals surface area contributed by atoms with E-state index in [2.05, 4.69) is 17.4 Å². The summed E-state index contributed by atoms with van der Waals surface area (Å²) < 4.78 is 41.0. The van der Waals surface area contributed by atoms with Gasteiger partial charge in [0, 0.05) is 38.1 Å². The number of para-hydroxylation sites is 1. The highest BCUT2D eigenvalue weighted by molar-refractivity contribution is 7.86. The van der Waals surface area contributed by atoms with E-state index in [4.69, 9.17) is 9.47 Å². The fraction of sp³-hybridized carbons (Fsp3) is 0.500. The second-order valence-electron chi connectivity index (χ2n) is 9.51. The minimum Gasteiger partial charge on any atom is -0.496 e. The van der Waals surface area contributed by atoms with E-state index in [1.807, 2.05) is 38.1 Å². The van der Waals surface area contributed by atoms with Crippen LogP contribution in [-0.4, -0.2) is 75.0 Å². The molecule has 1 amide bonds. The molecule has 2 aromatic carbocycles. The van der Waals surface area contributed by atoms with Gasteiger partial charge in [0.25, 0.3) is 16.1 Å². The fourth-order valence-corrected chi connectivity index (χ4v) is 6.93. The molecule has 35 heavy (non-hydrogen) atoms. The van der Waals surface area contributed by atoms with E-state index >= 15 is 0 Å². The molecule has 8 nitrogen and oxygen atoms in total. The number of nitrogens with zero attached hydrogens (tertiary/aromatic N) is 2. The van der Waals surface area contributed by atoms with Crippen LogP contribution in [0.25, 0.3) is 0 Å². The topological polar surface area (TPSA) is 88.2 Å². The van der Waals surface area contributed by atoms with Crippen LogP contribution in [0.5, 0.6) is 5.75 Å². The van der Waals surface area contributed by atoms with Crippen molar-refractivity contribution >= 4 is 16.1 Å². The Balaban J connectivity index is 1.50. The van der Waals surface area contributed by atoms with Crippen molar-refractivity contribution in [3.05, 3.63) is 65.7 Å². The van der Waals surface area contributed by atoms with E-state index in [1.165, 1.54) is 0 Å². The van der Waals surface area contributed by atoms with Crippen LogP contribution in [0.2, 0.25) is 0 Å². The quantitative estimate of drug-likeness (QED) is 0.630. The molecule has 0 spiro atoms. The van der Waals surface area contributed by atoms with Crippen molar-refractivity contribution in [3.63, 3.8) is 0 Å². The van der Waals surface area contributed by atoms with E-state index in [0.717, 1.165) is 5.56 Å². The van der Waals surface area contributed by atoms with E-state index in [0.29, 0.717) is 56.9 Å². The third-order valence-electron chi connectivity index (χ3n) is 7.04. The summed E-state index contributed by atoms with van der Waals surface area (Å²) >= 11 is 0. The molecule has 0 bridgehead atoms. The van der Waals surface area contributed by atoms with E-state index in [9.17, 15) is 13.2 Å². The molecule has 1 N–H and O–H groups in total. The minimum absolute atomic E-state index is 0.132. The Bertz CT molecular complexity index is 1110. The fourth-order valence-electron chi connectivity index (χ4n) is 5.16. The average molecular weight is 502 g/mol. The standard InChI is InChI=1S/C26H35N3O5S/c1-20-17-29(18-21(2)34-20)35(31,32)28-15-13-26(14-16-28,22-9-5-4-6-10-22)19-27-25(30)23-11-7-8-12-24(23)33-3/h4-12,20-21H,13-19H2,1-3H3,(H,27,30)/t20-,21+. The molecule has 9 heteroatoms. The van der Waals surface area contributed by atoms with Crippen molar-refractivity contribution < 1.29 is 22.7 Å². The molecule has 0 aliphatic carbocycles. The maximum Gasteiger partial charge on any atom is 0.282 e. The van der Waals surface area contributed by atoms with Crippen molar-refractivity contribution in [3.8, 4) is 5.75 Å². The zero-order valence-electron chi connectivity index (χ0n) is 20.6. The third kappa shape index (κ3) is 5.53. The normalized spacial score (nSPS) is 23.5. The number of nitrogens with one attached hydrogen (secondary N) is 1. The highest BCUT2D eigenvalue weighted by atomic mass is 32.2. The molecule has 2 atom stereocenters. The smallest absolute Gasteiger partial charge is 0.282 e. The van der Waals surface area contributed by atoms with E-state index in [-0.39, 0.29) is 23.5 Å². The first-order valence-corrected chi connectivity index (χ1v) is 13.5. The number of carbonyl (C=O) groups excluding carboxylic acids is 1. The van der Waals surface area contributed by atoms with Crippen molar-refractivity contribution in [2.75, 3.05) is 39.8 Å². The van der Waals surface area contributed by atoms with Crippen LogP contribution >= 0.6 is 0 Å². The number of rotatable bonds is 7. The molecule has 0 saturated carbocycles. The van der Waals surface area contributed by atoms with Gasteiger partial charge in [0.05, 0.1) is 24.9 Å². The summed E-state index contributed by atoms with van der Waals surface area (Å²) in [5.41, 5.74) is 1.22. The Labute approximate surface area is 208 Å². The number of amides is 1. The molecule has 2 aliphatic rings. The van der Waals surface area contributed by atoms with Crippen LogP contribution < -0.4 is 10.1 Å². The Morgan fingerprint density at radius 1 is 1.00 bits per heavy atom. The van der Waals surface area contributed by atoms with Crippen LogP contribution in [0.4, 0.5) is 0 Å². The molecule has 2 heterocycles. The molecule has 2 saturated heterocycles.